The molecule has 5 nitrogen and oxygen atoms in total. The smallest absolute Gasteiger partial charge is 0.273 e. The first-order chi connectivity index (χ1) is 7.66. The molecule has 0 fully saturated rings. The molecule has 1 amide bonds. The summed E-state index contributed by atoms with van der Waals surface area (Å²) in [6.45, 7) is 0. The number of nitrogens with one attached hydrogen (secondary N) is 2. The van der Waals surface area contributed by atoms with E-state index >= 15 is 0 Å². The number of hydrogen-bond donors (Lipinski definition) is 3. The van der Waals surface area contributed by atoms with E-state index < -0.39 is 11.7 Å². The average molecular weight is 220 g/mol. The fourth-order valence-electron chi connectivity index (χ4n) is 1.21. The van der Waals surface area contributed by atoms with Crippen molar-refractivity contribution in [3.05, 3.63) is 41.8 Å². The minimum Gasteiger partial charge on any atom is -0.382 e. The zero-order valence-corrected chi connectivity index (χ0v) is 8.20. The van der Waals surface area contributed by atoms with Gasteiger partial charge in [-0.15, -0.1) is 0 Å². The highest BCUT2D eigenvalue weighted by Gasteiger charge is 2.10. The van der Waals surface area contributed by atoms with Crippen LogP contribution in [0.2, 0.25) is 0 Å². The molecule has 0 saturated heterocycles. The number of amides is 1. The van der Waals surface area contributed by atoms with Gasteiger partial charge in [0.05, 0.1) is 5.69 Å². The van der Waals surface area contributed by atoms with Gasteiger partial charge in [-0.2, -0.15) is 5.10 Å². The van der Waals surface area contributed by atoms with E-state index in [0.29, 0.717) is 0 Å². The van der Waals surface area contributed by atoms with Crippen LogP contribution in [-0.2, 0) is 0 Å². The monoisotopic (exact) mass is 220 g/mol. The van der Waals surface area contributed by atoms with Gasteiger partial charge in [-0.25, -0.2) is 4.39 Å². The highest BCUT2D eigenvalue weighted by atomic mass is 19.1. The SMILES string of the molecule is Nc1cc(C(=O)Nc2ccccc2F)[nH]n1. The number of aromatic amines is 1. The van der Waals surface area contributed by atoms with Gasteiger partial charge in [0.1, 0.15) is 17.3 Å². The van der Waals surface area contributed by atoms with Crippen LogP contribution in [0.15, 0.2) is 30.3 Å². The van der Waals surface area contributed by atoms with Crippen molar-refractivity contribution in [2.75, 3.05) is 11.1 Å². The highest BCUT2D eigenvalue weighted by Crippen LogP contribution is 2.13. The van der Waals surface area contributed by atoms with Gasteiger partial charge in [0.25, 0.3) is 5.91 Å². The molecule has 0 atom stereocenters. The molecule has 0 aliphatic heterocycles. The molecule has 0 bridgehead atoms. The Hall–Kier alpha value is -2.37. The Morgan fingerprint density at radius 2 is 2.19 bits per heavy atom. The molecule has 1 heterocycles. The molecule has 4 N–H and O–H groups in total. The number of carbonyl (C=O) groups is 1. The Balaban J connectivity index is 2.17. The summed E-state index contributed by atoms with van der Waals surface area (Å²) in [5, 5.41) is 8.43. The molecule has 0 spiro atoms. The maximum atomic E-state index is 13.2. The Morgan fingerprint density at radius 3 is 2.81 bits per heavy atom. The van der Waals surface area contributed by atoms with Crippen LogP contribution in [0.3, 0.4) is 0 Å². The number of benzene rings is 1. The van der Waals surface area contributed by atoms with Crippen LogP contribution >= 0.6 is 0 Å². The molecule has 0 saturated carbocycles. The lowest BCUT2D eigenvalue weighted by Crippen LogP contribution is -2.13. The third-order valence-electron chi connectivity index (χ3n) is 1.96. The first-order valence-electron chi connectivity index (χ1n) is 4.53. The lowest BCUT2D eigenvalue weighted by Gasteiger charge is -2.03. The largest absolute Gasteiger partial charge is 0.382 e. The van der Waals surface area contributed by atoms with Crippen LogP contribution in [0, 0.1) is 5.82 Å². The lowest BCUT2D eigenvalue weighted by molar-refractivity contribution is 0.102. The van der Waals surface area contributed by atoms with E-state index in [1.807, 2.05) is 0 Å². The number of aromatic nitrogens is 2. The highest BCUT2D eigenvalue weighted by molar-refractivity contribution is 6.03. The Morgan fingerprint density at radius 1 is 1.44 bits per heavy atom. The van der Waals surface area contributed by atoms with Crippen LogP contribution in [0.1, 0.15) is 10.5 Å². The van der Waals surface area contributed by atoms with Crippen molar-refractivity contribution in [2.24, 2.45) is 0 Å². The lowest BCUT2D eigenvalue weighted by atomic mass is 10.3. The number of carbonyl (C=O) groups excluding carboxylic acids is 1. The topological polar surface area (TPSA) is 83.8 Å². The van der Waals surface area contributed by atoms with Gasteiger partial charge in [-0.1, -0.05) is 12.1 Å². The van der Waals surface area contributed by atoms with Crippen LogP contribution in [-0.4, -0.2) is 16.1 Å². The normalized spacial score (nSPS) is 10.1. The minimum absolute atomic E-state index is 0.112. The fourth-order valence-corrected chi connectivity index (χ4v) is 1.21. The molecule has 0 aliphatic rings. The van der Waals surface area contributed by atoms with Gasteiger partial charge in [0.2, 0.25) is 0 Å². The Kier molecular flexibility index (Phi) is 2.55. The van der Waals surface area contributed by atoms with Crippen molar-refractivity contribution in [1.82, 2.24) is 10.2 Å². The third-order valence-corrected chi connectivity index (χ3v) is 1.96. The Bertz CT molecular complexity index is 523. The maximum Gasteiger partial charge on any atom is 0.273 e. The quantitative estimate of drug-likeness (QED) is 0.714. The summed E-state index contributed by atoms with van der Waals surface area (Å²) in [5.74, 6) is -0.781. The average Bonchev–Trinajstić information content (AvgIpc) is 2.68. The van der Waals surface area contributed by atoms with E-state index in [1.165, 1.54) is 18.2 Å². The molecule has 2 rings (SSSR count). The molecule has 2 aromatic rings. The summed E-state index contributed by atoms with van der Waals surface area (Å²) in [5.41, 5.74) is 5.64. The summed E-state index contributed by atoms with van der Waals surface area (Å²) in [7, 11) is 0. The molecule has 1 aromatic carbocycles. The second-order valence-electron chi connectivity index (χ2n) is 3.14. The van der Waals surface area contributed by atoms with E-state index in [0.717, 1.165) is 0 Å². The first-order valence-corrected chi connectivity index (χ1v) is 4.53. The zero-order valence-electron chi connectivity index (χ0n) is 8.20. The standard InChI is InChI=1S/C10H9FN4O/c11-6-3-1-2-4-7(6)13-10(16)8-5-9(12)15-14-8/h1-5H,(H,13,16)(H3,12,14,15). The van der Waals surface area contributed by atoms with Gasteiger partial charge in [-0.3, -0.25) is 9.89 Å². The van der Waals surface area contributed by atoms with Crippen LogP contribution < -0.4 is 11.1 Å². The number of anilines is 2. The van der Waals surface area contributed by atoms with Gasteiger partial charge < -0.3 is 11.1 Å². The van der Waals surface area contributed by atoms with Crippen molar-refractivity contribution < 1.29 is 9.18 Å². The third kappa shape index (κ3) is 2.00. The number of hydrogen-bond acceptors (Lipinski definition) is 3. The number of nitrogen functional groups attached to an aromatic ring is 1. The van der Waals surface area contributed by atoms with E-state index in [9.17, 15) is 9.18 Å². The van der Waals surface area contributed by atoms with Gasteiger partial charge in [0, 0.05) is 6.07 Å². The zero-order chi connectivity index (χ0) is 11.5. The van der Waals surface area contributed by atoms with E-state index in [4.69, 9.17) is 5.73 Å². The summed E-state index contributed by atoms with van der Waals surface area (Å²) in [6, 6.07) is 7.26. The van der Waals surface area contributed by atoms with E-state index in [1.54, 1.807) is 12.1 Å². The molecular formula is C10H9FN4O. The predicted molar refractivity (Wildman–Crippen MR) is 57.4 cm³/mol. The second-order valence-corrected chi connectivity index (χ2v) is 3.14. The molecule has 82 valence electrons. The first kappa shape index (κ1) is 10.2. The molecule has 0 aliphatic carbocycles. The summed E-state index contributed by atoms with van der Waals surface area (Å²) < 4.78 is 13.2. The number of H-pyrrole nitrogens is 1. The number of nitrogens with zero attached hydrogens (tertiary/aromatic N) is 1. The number of rotatable bonds is 2. The van der Waals surface area contributed by atoms with Crippen LogP contribution in [0.4, 0.5) is 15.9 Å². The minimum atomic E-state index is -0.497. The van der Waals surface area contributed by atoms with Gasteiger partial charge in [-0.05, 0) is 12.1 Å². The van der Waals surface area contributed by atoms with Crippen molar-refractivity contribution in [1.29, 1.82) is 0 Å². The molecule has 1 aromatic heterocycles. The molecule has 6 heteroatoms. The van der Waals surface area contributed by atoms with Crippen LogP contribution in [0.25, 0.3) is 0 Å². The molecule has 16 heavy (non-hydrogen) atoms. The summed E-state index contributed by atoms with van der Waals surface area (Å²) in [4.78, 5) is 11.6. The van der Waals surface area contributed by atoms with E-state index in [-0.39, 0.29) is 17.2 Å². The van der Waals surface area contributed by atoms with Crippen molar-refractivity contribution in [3.63, 3.8) is 0 Å². The van der Waals surface area contributed by atoms with Crippen molar-refractivity contribution in [2.45, 2.75) is 0 Å². The van der Waals surface area contributed by atoms with Crippen molar-refractivity contribution in [3.8, 4) is 0 Å². The summed E-state index contributed by atoms with van der Waals surface area (Å²) in [6.07, 6.45) is 0. The fraction of sp³-hybridized carbons (Fsp3) is 0. The van der Waals surface area contributed by atoms with Gasteiger partial charge in [0.15, 0.2) is 0 Å². The Labute approximate surface area is 90.5 Å². The molecule has 0 unspecified atom stereocenters. The summed E-state index contributed by atoms with van der Waals surface area (Å²) >= 11 is 0. The second kappa shape index (κ2) is 4.01. The number of para-hydroxylation sites is 1. The predicted octanol–water partition coefficient (Wildman–Crippen LogP) is 1.38. The molecule has 0 radical (unpaired) electrons. The molecular weight excluding hydrogens is 211 g/mol. The van der Waals surface area contributed by atoms with Crippen molar-refractivity contribution >= 4 is 17.4 Å². The number of halogens is 1. The van der Waals surface area contributed by atoms with E-state index in [2.05, 4.69) is 15.5 Å². The number of nitrogens with two attached hydrogens (primary N) is 1. The maximum absolute atomic E-state index is 13.2. The van der Waals surface area contributed by atoms with Crippen LogP contribution in [0.5, 0.6) is 0 Å². The van der Waals surface area contributed by atoms with Gasteiger partial charge >= 0.3 is 0 Å².